The lowest BCUT2D eigenvalue weighted by molar-refractivity contribution is -0.128. The largest absolute Gasteiger partial charge is 0.394 e. The first-order chi connectivity index (χ1) is 9.90. The average molecular weight is 302 g/mol. The Morgan fingerprint density at radius 1 is 1.05 bits per heavy atom. The highest BCUT2D eigenvalue weighted by molar-refractivity contribution is 5.84. The third-order valence-corrected chi connectivity index (χ3v) is 2.83. The summed E-state index contributed by atoms with van der Waals surface area (Å²) in [6.45, 7) is -1.41. The molecule has 1 aromatic heterocycles. The molecule has 0 aliphatic carbocycles. The predicted octanol–water partition coefficient (Wildman–Crippen LogP) is -3.31. The number of ketones is 1. The Morgan fingerprint density at radius 3 is 2.19 bits per heavy atom. The van der Waals surface area contributed by atoms with Gasteiger partial charge in [0.05, 0.1) is 37.2 Å². The molecule has 6 N–H and O–H groups in total. The lowest BCUT2D eigenvalue weighted by Gasteiger charge is -2.20. The Kier molecular flexibility index (Phi) is 6.75. The van der Waals surface area contributed by atoms with E-state index >= 15 is 0 Å². The number of Topliss-reactive ketones (excluding diaryl/α,β-unsaturated/α-hetero) is 1. The number of carbonyl (C=O) groups excluding carboxylic acids is 1. The van der Waals surface area contributed by atoms with Crippen LogP contribution in [-0.2, 0) is 11.2 Å². The standard InChI is InChI=1S/C12H18N2O7/c15-4-9(18)8(17)1-6-2-14-7(3-13-6)11(20)12(21)10(19)5-16/h2-3,9-12,15-16,18-21H,1,4-5H2/t9?,10-,11-,12-/m1/s1. The Morgan fingerprint density at radius 2 is 1.71 bits per heavy atom. The SMILES string of the molecule is O=C(Cc1cnc([C@@H](O)[C@H](O)[C@H](O)CO)cn1)C(O)CO. The van der Waals surface area contributed by atoms with Crippen molar-refractivity contribution in [1.29, 1.82) is 0 Å². The van der Waals surface area contributed by atoms with Crippen molar-refractivity contribution in [2.75, 3.05) is 13.2 Å². The summed E-state index contributed by atoms with van der Waals surface area (Å²) >= 11 is 0. The first kappa shape index (κ1) is 17.6. The molecule has 21 heavy (non-hydrogen) atoms. The Bertz CT molecular complexity index is 453. The van der Waals surface area contributed by atoms with Crippen molar-refractivity contribution >= 4 is 5.78 Å². The van der Waals surface area contributed by atoms with E-state index in [9.17, 15) is 20.1 Å². The molecule has 0 fully saturated rings. The molecule has 0 saturated heterocycles. The smallest absolute Gasteiger partial charge is 0.169 e. The van der Waals surface area contributed by atoms with Gasteiger partial charge in [0.2, 0.25) is 0 Å². The van der Waals surface area contributed by atoms with Crippen LogP contribution in [0.5, 0.6) is 0 Å². The van der Waals surface area contributed by atoms with Crippen molar-refractivity contribution in [3.63, 3.8) is 0 Å². The maximum Gasteiger partial charge on any atom is 0.169 e. The second kappa shape index (κ2) is 8.08. The molecule has 0 aliphatic heterocycles. The summed E-state index contributed by atoms with van der Waals surface area (Å²) in [6.07, 6.45) is -4.17. The van der Waals surface area contributed by atoms with Crippen molar-refractivity contribution in [2.45, 2.75) is 30.8 Å². The van der Waals surface area contributed by atoms with Crippen LogP contribution in [0.2, 0.25) is 0 Å². The van der Waals surface area contributed by atoms with Gasteiger partial charge in [-0.3, -0.25) is 14.8 Å². The van der Waals surface area contributed by atoms with Crippen molar-refractivity contribution in [1.82, 2.24) is 9.97 Å². The Labute approximate surface area is 120 Å². The summed E-state index contributed by atoms with van der Waals surface area (Å²) in [7, 11) is 0. The minimum absolute atomic E-state index is 0.0473. The quantitative estimate of drug-likeness (QED) is 0.288. The lowest BCUT2D eigenvalue weighted by atomic mass is 10.1. The zero-order valence-electron chi connectivity index (χ0n) is 11.1. The van der Waals surface area contributed by atoms with Crippen molar-refractivity contribution in [2.24, 2.45) is 0 Å². The number of hydrogen-bond acceptors (Lipinski definition) is 9. The van der Waals surface area contributed by atoms with E-state index in [0.29, 0.717) is 0 Å². The topological polar surface area (TPSA) is 164 Å². The number of rotatable bonds is 8. The van der Waals surface area contributed by atoms with Gasteiger partial charge in [-0.05, 0) is 0 Å². The summed E-state index contributed by atoms with van der Waals surface area (Å²) in [6, 6.07) is 0. The fraction of sp³-hybridized carbons (Fsp3) is 0.583. The van der Waals surface area contributed by atoms with Crippen LogP contribution in [0.1, 0.15) is 17.5 Å². The highest BCUT2D eigenvalue weighted by Gasteiger charge is 2.26. The molecule has 9 heteroatoms. The van der Waals surface area contributed by atoms with Crippen LogP contribution in [0, 0.1) is 0 Å². The molecular weight excluding hydrogens is 284 g/mol. The highest BCUT2D eigenvalue weighted by Crippen LogP contribution is 2.16. The molecule has 9 nitrogen and oxygen atoms in total. The van der Waals surface area contributed by atoms with Gasteiger partial charge in [-0.1, -0.05) is 0 Å². The van der Waals surface area contributed by atoms with Gasteiger partial charge in [0, 0.05) is 6.20 Å². The fourth-order valence-electron chi connectivity index (χ4n) is 1.50. The molecular formula is C12H18N2O7. The zero-order valence-corrected chi connectivity index (χ0v) is 11.1. The van der Waals surface area contributed by atoms with Crippen molar-refractivity contribution in [3.8, 4) is 0 Å². The summed E-state index contributed by atoms with van der Waals surface area (Å²) in [5.74, 6) is -0.629. The first-order valence-corrected chi connectivity index (χ1v) is 6.18. The van der Waals surface area contributed by atoms with E-state index in [1.807, 2.05) is 0 Å². The molecule has 0 spiro atoms. The summed E-state index contributed by atoms with van der Waals surface area (Å²) in [4.78, 5) is 19.0. The van der Waals surface area contributed by atoms with Gasteiger partial charge in [0.15, 0.2) is 5.78 Å². The van der Waals surface area contributed by atoms with E-state index in [-0.39, 0.29) is 17.8 Å². The molecule has 0 aromatic carbocycles. The molecule has 1 unspecified atom stereocenters. The summed E-state index contributed by atoms with van der Waals surface area (Å²) < 4.78 is 0. The van der Waals surface area contributed by atoms with E-state index in [1.165, 1.54) is 6.20 Å². The summed E-state index contributed by atoms with van der Waals surface area (Å²) in [5, 5.41) is 54.9. The van der Waals surface area contributed by atoms with Gasteiger partial charge in [-0.2, -0.15) is 0 Å². The number of hydrogen-bond donors (Lipinski definition) is 6. The van der Waals surface area contributed by atoms with Gasteiger partial charge in [-0.25, -0.2) is 0 Å². The Hall–Kier alpha value is -1.49. The van der Waals surface area contributed by atoms with Crippen LogP contribution in [0.3, 0.4) is 0 Å². The van der Waals surface area contributed by atoms with Gasteiger partial charge in [0.1, 0.15) is 24.4 Å². The number of aliphatic hydroxyl groups is 6. The third-order valence-electron chi connectivity index (χ3n) is 2.83. The number of aromatic nitrogens is 2. The van der Waals surface area contributed by atoms with E-state index < -0.39 is 43.4 Å². The minimum Gasteiger partial charge on any atom is -0.394 e. The molecule has 1 aromatic rings. The van der Waals surface area contributed by atoms with E-state index in [4.69, 9.17) is 15.3 Å². The monoisotopic (exact) mass is 302 g/mol. The Balaban J connectivity index is 2.71. The number of aliphatic hydroxyl groups excluding tert-OH is 6. The van der Waals surface area contributed by atoms with Gasteiger partial charge < -0.3 is 30.6 Å². The van der Waals surface area contributed by atoms with Crippen LogP contribution in [0.4, 0.5) is 0 Å². The molecule has 0 bridgehead atoms. The molecule has 0 aliphatic rings. The minimum atomic E-state index is -1.63. The second-order valence-electron chi connectivity index (χ2n) is 4.46. The van der Waals surface area contributed by atoms with Crippen LogP contribution in [0.25, 0.3) is 0 Å². The molecule has 118 valence electrons. The molecule has 0 radical (unpaired) electrons. The molecule has 1 rings (SSSR count). The van der Waals surface area contributed by atoms with Crippen LogP contribution in [-0.4, -0.2) is 77.9 Å². The highest BCUT2D eigenvalue weighted by atomic mass is 16.4. The van der Waals surface area contributed by atoms with Crippen molar-refractivity contribution in [3.05, 3.63) is 23.8 Å². The number of carbonyl (C=O) groups is 1. The van der Waals surface area contributed by atoms with Gasteiger partial charge in [-0.15, -0.1) is 0 Å². The third kappa shape index (κ3) is 4.77. The van der Waals surface area contributed by atoms with Crippen LogP contribution < -0.4 is 0 Å². The predicted molar refractivity (Wildman–Crippen MR) is 67.9 cm³/mol. The summed E-state index contributed by atoms with van der Waals surface area (Å²) in [5.41, 5.74) is 0.162. The zero-order chi connectivity index (χ0) is 16.0. The average Bonchev–Trinajstić information content (AvgIpc) is 2.52. The molecule has 4 atom stereocenters. The molecule has 1 heterocycles. The lowest BCUT2D eigenvalue weighted by Crippen LogP contribution is -2.35. The molecule has 0 saturated carbocycles. The maximum atomic E-state index is 11.4. The van der Waals surface area contributed by atoms with Gasteiger partial charge in [0.25, 0.3) is 0 Å². The van der Waals surface area contributed by atoms with Gasteiger partial charge >= 0.3 is 0 Å². The van der Waals surface area contributed by atoms with Crippen molar-refractivity contribution < 1.29 is 35.4 Å². The fourth-order valence-corrected chi connectivity index (χ4v) is 1.50. The van der Waals surface area contributed by atoms with E-state index in [1.54, 1.807) is 0 Å². The van der Waals surface area contributed by atoms with Crippen LogP contribution >= 0.6 is 0 Å². The maximum absolute atomic E-state index is 11.4. The van der Waals surface area contributed by atoms with E-state index in [0.717, 1.165) is 6.20 Å². The first-order valence-electron chi connectivity index (χ1n) is 6.18. The van der Waals surface area contributed by atoms with Crippen LogP contribution in [0.15, 0.2) is 12.4 Å². The second-order valence-corrected chi connectivity index (χ2v) is 4.46. The molecule has 0 amide bonds. The van der Waals surface area contributed by atoms with E-state index in [2.05, 4.69) is 9.97 Å². The number of nitrogens with zero attached hydrogens (tertiary/aromatic N) is 2. The normalized spacial score (nSPS) is 17.0.